The van der Waals surface area contributed by atoms with Crippen LogP contribution in [0.15, 0.2) is 28.7 Å². The lowest BCUT2D eigenvalue weighted by molar-refractivity contribution is -0.137. The van der Waals surface area contributed by atoms with E-state index in [1.165, 1.54) is 0 Å². The van der Waals surface area contributed by atoms with Gasteiger partial charge in [0.15, 0.2) is 0 Å². The molecular formula is C9H9BrO2S. The second-order valence-corrected chi connectivity index (χ2v) is 4.20. The standard InChI is InChI=1S/C9H9BrO2S/c10-7-3-1-6(2-4-7)8(13)5-9(11)12/h1-4,8,13H,5H2,(H,11,12). The number of halogens is 1. The number of aliphatic carboxylic acids is 1. The molecule has 0 aliphatic carbocycles. The van der Waals surface area contributed by atoms with E-state index in [1.807, 2.05) is 24.3 Å². The van der Waals surface area contributed by atoms with Crippen LogP contribution in [0.3, 0.4) is 0 Å². The first-order valence-corrected chi connectivity index (χ1v) is 5.06. The summed E-state index contributed by atoms with van der Waals surface area (Å²) >= 11 is 7.50. The zero-order chi connectivity index (χ0) is 9.84. The van der Waals surface area contributed by atoms with Crippen molar-refractivity contribution in [2.75, 3.05) is 0 Å². The average molecular weight is 261 g/mol. The predicted molar refractivity (Wildman–Crippen MR) is 58.1 cm³/mol. The fourth-order valence-electron chi connectivity index (χ4n) is 0.968. The number of thiol groups is 1. The van der Waals surface area contributed by atoms with Gasteiger partial charge in [0.2, 0.25) is 0 Å². The van der Waals surface area contributed by atoms with E-state index in [1.54, 1.807) is 0 Å². The van der Waals surface area contributed by atoms with E-state index in [9.17, 15) is 4.79 Å². The Labute approximate surface area is 90.5 Å². The van der Waals surface area contributed by atoms with Crippen LogP contribution in [-0.2, 0) is 4.79 Å². The lowest BCUT2D eigenvalue weighted by Gasteiger charge is -2.07. The molecule has 0 heterocycles. The van der Waals surface area contributed by atoms with E-state index in [4.69, 9.17) is 5.11 Å². The fourth-order valence-corrected chi connectivity index (χ4v) is 1.56. The van der Waals surface area contributed by atoms with Crippen LogP contribution in [0.5, 0.6) is 0 Å². The van der Waals surface area contributed by atoms with Crippen LogP contribution < -0.4 is 0 Å². The van der Waals surface area contributed by atoms with Gasteiger partial charge in [-0.2, -0.15) is 12.6 Å². The van der Waals surface area contributed by atoms with Crippen LogP contribution in [0.25, 0.3) is 0 Å². The van der Waals surface area contributed by atoms with E-state index in [0.29, 0.717) is 0 Å². The molecule has 1 N–H and O–H groups in total. The third-order valence-electron chi connectivity index (χ3n) is 1.62. The number of benzene rings is 1. The molecule has 2 nitrogen and oxygen atoms in total. The van der Waals surface area contributed by atoms with Gasteiger partial charge in [0.1, 0.15) is 0 Å². The smallest absolute Gasteiger partial charge is 0.304 e. The molecular weight excluding hydrogens is 252 g/mol. The summed E-state index contributed by atoms with van der Waals surface area (Å²) in [6, 6.07) is 7.48. The third-order valence-corrected chi connectivity index (χ3v) is 2.63. The fraction of sp³-hybridized carbons (Fsp3) is 0.222. The van der Waals surface area contributed by atoms with Crippen molar-refractivity contribution in [3.8, 4) is 0 Å². The Kier molecular flexibility index (Phi) is 3.81. The molecule has 1 aromatic carbocycles. The number of rotatable bonds is 3. The molecule has 0 spiro atoms. The molecule has 0 aliphatic rings. The lowest BCUT2D eigenvalue weighted by atomic mass is 10.1. The Morgan fingerprint density at radius 2 is 2.00 bits per heavy atom. The van der Waals surface area contributed by atoms with Gasteiger partial charge in [0.25, 0.3) is 0 Å². The first kappa shape index (κ1) is 10.6. The zero-order valence-corrected chi connectivity index (χ0v) is 9.25. The van der Waals surface area contributed by atoms with E-state index in [0.717, 1.165) is 10.0 Å². The van der Waals surface area contributed by atoms with E-state index in [-0.39, 0.29) is 11.7 Å². The zero-order valence-electron chi connectivity index (χ0n) is 6.77. The summed E-state index contributed by atoms with van der Waals surface area (Å²) in [4.78, 5) is 10.4. The normalized spacial score (nSPS) is 12.5. The maximum Gasteiger partial charge on any atom is 0.304 e. The van der Waals surface area contributed by atoms with Crippen molar-refractivity contribution in [1.82, 2.24) is 0 Å². The van der Waals surface area contributed by atoms with Gasteiger partial charge in [0, 0.05) is 9.72 Å². The van der Waals surface area contributed by atoms with Crippen LogP contribution in [0.4, 0.5) is 0 Å². The third kappa shape index (κ3) is 3.40. The van der Waals surface area contributed by atoms with Crippen molar-refractivity contribution in [3.63, 3.8) is 0 Å². The highest BCUT2D eigenvalue weighted by molar-refractivity contribution is 9.10. The molecule has 1 atom stereocenters. The molecule has 1 rings (SSSR count). The molecule has 70 valence electrons. The Balaban J connectivity index is 2.71. The molecule has 0 amide bonds. The molecule has 0 bridgehead atoms. The van der Waals surface area contributed by atoms with Crippen molar-refractivity contribution in [1.29, 1.82) is 0 Å². The summed E-state index contributed by atoms with van der Waals surface area (Å²) in [6.07, 6.45) is 0.0464. The van der Waals surface area contributed by atoms with Crippen LogP contribution in [0.1, 0.15) is 17.2 Å². The summed E-state index contributed by atoms with van der Waals surface area (Å²) in [5, 5.41) is 8.31. The first-order valence-electron chi connectivity index (χ1n) is 3.75. The number of hydrogen-bond acceptors (Lipinski definition) is 2. The highest BCUT2D eigenvalue weighted by Crippen LogP contribution is 2.24. The first-order chi connectivity index (χ1) is 6.09. The second kappa shape index (κ2) is 4.67. The van der Waals surface area contributed by atoms with Crippen LogP contribution in [-0.4, -0.2) is 11.1 Å². The highest BCUT2D eigenvalue weighted by atomic mass is 79.9. The van der Waals surface area contributed by atoms with Crippen LogP contribution in [0.2, 0.25) is 0 Å². The average Bonchev–Trinajstić information content (AvgIpc) is 2.04. The summed E-state index contributed by atoms with van der Waals surface area (Å²) in [6.45, 7) is 0. The number of carboxylic acid groups (broad SMARTS) is 1. The molecule has 4 heteroatoms. The molecule has 0 saturated heterocycles. The van der Waals surface area contributed by atoms with Gasteiger partial charge in [-0.1, -0.05) is 28.1 Å². The van der Waals surface area contributed by atoms with Gasteiger partial charge >= 0.3 is 5.97 Å². The molecule has 0 aliphatic heterocycles. The molecule has 0 radical (unpaired) electrons. The number of hydrogen-bond donors (Lipinski definition) is 2. The molecule has 1 unspecified atom stereocenters. The minimum absolute atomic E-state index is 0.0464. The van der Waals surface area contributed by atoms with Crippen molar-refractivity contribution in [2.45, 2.75) is 11.7 Å². The maximum atomic E-state index is 10.4. The lowest BCUT2D eigenvalue weighted by Crippen LogP contribution is -2.00. The van der Waals surface area contributed by atoms with Crippen molar-refractivity contribution < 1.29 is 9.90 Å². The van der Waals surface area contributed by atoms with Gasteiger partial charge in [0.05, 0.1) is 6.42 Å². The quantitative estimate of drug-likeness (QED) is 0.821. The minimum Gasteiger partial charge on any atom is -0.481 e. The van der Waals surface area contributed by atoms with Gasteiger partial charge in [-0.05, 0) is 17.7 Å². The SMILES string of the molecule is O=C(O)CC(S)c1ccc(Br)cc1. The maximum absolute atomic E-state index is 10.4. The Hall–Kier alpha value is -0.480. The largest absolute Gasteiger partial charge is 0.481 e. The molecule has 0 aromatic heterocycles. The summed E-state index contributed by atoms with van der Waals surface area (Å²) < 4.78 is 0.979. The molecule has 0 fully saturated rings. The van der Waals surface area contributed by atoms with Gasteiger partial charge in [-0.25, -0.2) is 0 Å². The van der Waals surface area contributed by atoms with Gasteiger partial charge in [-0.3, -0.25) is 4.79 Å². The van der Waals surface area contributed by atoms with E-state index >= 15 is 0 Å². The highest BCUT2D eigenvalue weighted by Gasteiger charge is 2.10. The van der Waals surface area contributed by atoms with Gasteiger partial charge in [-0.15, -0.1) is 0 Å². The topological polar surface area (TPSA) is 37.3 Å². The molecule has 13 heavy (non-hydrogen) atoms. The Morgan fingerprint density at radius 1 is 1.46 bits per heavy atom. The summed E-state index contributed by atoms with van der Waals surface area (Å²) in [5.74, 6) is -0.831. The van der Waals surface area contributed by atoms with Crippen LogP contribution >= 0.6 is 28.6 Å². The molecule has 0 saturated carbocycles. The molecule has 1 aromatic rings. The predicted octanol–water partition coefficient (Wildman–Crippen LogP) is 2.89. The summed E-state index contributed by atoms with van der Waals surface area (Å²) in [5.41, 5.74) is 0.925. The van der Waals surface area contributed by atoms with Crippen LogP contribution in [0, 0.1) is 0 Å². The second-order valence-electron chi connectivity index (χ2n) is 2.67. The Bertz CT molecular complexity index is 297. The van der Waals surface area contributed by atoms with Crippen molar-refractivity contribution >= 4 is 34.5 Å². The number of carbonyl (C=O) groups is 1. The van der Waals surface area contributed by atoms with Crippen molar-refractivity contribution in [3.05, 3.63) is 34.3 Å². The van der Waals surface area contributed by atoms with E-state index < -0.39 is 5.97 Å². The monoisotopic (exact) mass is 260 g/mol. The van der Waals surface area contributed by atoms with Crippen molar-refractivity contribution in [2.24, 2.45) is 0 Å². The number of carboxylic acids is 1. The van der Waals surface area contributed by atoms with Gasteiger partial charge < -0.3 is 5.11 Å². The Morgan fingerprint density at radius 3 is 2.46 bits per heavy atom. The van der Waals surface area contributed by atoms with E-state index in [2.05, 4.69) is 28.6 Å². The summed E-state index contributed by atoms with van der Waals surface area (Å²) in [7, 11) is 0. The minimum atomic E-state index is -0.831.